The number of anilines is 1. The number of rotatable bonds is 4. The summed E-state index contributed by atoms with van der Waals surface area (Å²) in [6.07, 6.45) is 6.19. The average molecular weight is 267 g/mol. The van der Waals surface area contributed by atoms with E-state index in [4.69, 9.17) is 0 Å². The van der Waals surface area contributed by atoms with E-state index < -0.39 is 0 Å². The number of benzene rings is 1. The van der Waals surface area contributed by atoms with Crippen molar-refractivity contribution in [3.8, 4) is 0 Å². The molecule has 1 aliphatic heterocycles. The molecule has 0 fully saturated rings. The second-order valence-corrected chi connectivity index (χ2v) is 5.45. The molecule has 1 aliphatic rings. The van der Waals surface area contributed by atoms with Crippen LogP contribution in [0.15, 0.2) is 42.7 Å². The van der Waals surface area contributed by atoms with Crippen LogP contribution in [0.2, 0.25) is 0 Å². The molecule has 2 aromatic rings. The predicted octanol–water partition coefficient (Wildman–Crippen LogP) is 2.75. The number of aryl methyl sites for hydroxylation is 1. The van der Waals surface area contributed by atoms with Crippen LogP contribution in [0.4, 0.5) is 5.69 Å². The first-order valence-corrected chi connectivity index (χ1v) is 7.25. The fraction of sp³-hybridized carbons (Fsp3) is 0.353. The number of nitrogens with one attached hydrogen (secondary N) is 1. The summed E-state index contributed by atoms with van der Waals surface area (Å²) in [4.78, 5) is 6.48. The molecule has 1 N–H and O–H groups in total. The number of nitrogens with zero attached hydrogens (tertiary/aromatic N) is 2. The monoisotopic (exact) mass is 267 g/mol. The molecular formula is C17H21N3. The van der Waals surface area contributed by atoms with Gasteiger partial charge in [-0.25, -0.2) is 0 Å². The summed E-state index contributed by atoms with van der Waals surface area (Å²) in [6.45, 7) is 2.95. The van der Waals surface area contributed by atoms with E-state index >= 15 is 0 Å². The Morgan fingerprint density at radius 1 is 1.20 bits per heavy atom. The van der Waals surface area contributed by atoms with Gasteiger partial charge in [0.15, 0.2) is 0 Å². The molecule has 2 heterocycles. The van der Waals surface area contributed by atoms with Crippen molar-refractivity contribution in [3.63, 3.8) is 0 Å². The minimum atomic E-state index is 0.866. The van der Waals surface area contributed by atoms with E-state index in [9.17, 15) is 0 Å². The van der Waals surface area contributed by atoms with Crippen LogP contribution in [0.25, 0.3) is 0 Å². The van der Waals surface area contributed by atoms with Gasteiger partial charge in [0.05, 0.1) is 0 Å². The van der Waals surface area contributed by atoms with Gasteiger partial charge in [0, 0.05) is 44.8 Å². The van der Waals surface area contributed by atoms with Gasteiger partial charge in [-0.15, -0.1) is 0 Å². The molecule has 0 atom stereocenters. The molecule has 1 aromatic heterocycles. The van der Waals surface area contributed by atoms with Crippen molar-refractivity contribution in [1.29, 1.82) is 0 Å². The van der Waals surface area contributed by atoms with Crippen LogP contribution in [-0.4, -0.2) is 18.6 Å². The quantitative estimate of drug-likeness (QED) is 0.923. The molecule has 20 heavy (non-hydrogen) atoms. The second-order valence-electron chi connectivity index (χ2n) is 5.45. The molecular weight excluding hydrogens is 246 g/mol. The van der Waals surface area contributed by atoms with Crippen LogP contribution in [0.1, 0.15) is 23.1 Å². The van der Waals surface area contributed by atoms with E-state index in [2.05, 4.69) is 46.5 Å². The molecule has 3 heteroatoms. The van der Waals surface area contributed by atoms with Gasteiger partial charge < -0.3 is 10.2 Å². The van der Waals surface area contributed by atoms with Gasteiger partial charge in [0.2, 0.25) is 0 Å². The van der Waals surface area contributed by atoms with Crippen molar-refractivity contribution >= 4 is 5.69 Å². The van der Waals surface area contributed by atoms with Gasteiger partial charge in [-0.05, 0) is 41.7 Å². The molecule has 0 unspecified atom stereocenters. The Balaban J connectivity index is 1.61. The largest absolute Gasteiger partial charge is 0.374 e. The van der Waals surface area contributed by atoms with Gasteiger partial charge in [-0.3, -0.25) is 4.98 Å². The van der Waals surface area contributed by atoms with Crippen LogP contribution in [0, 0.1) is 0 Å². The molecule has 0 aliphatic carbocycles. The highest BCUT2D eigenvalue weighted by Gasteiger charge is 2.13. The van der Waals surface area contributed by atoms with Gasteiger partial charge in [-0.2, -0.15) is 0 Å². The number of hydrogen-bond donors (Lipinski definition) is 1. The molecule has 0 radical (unpaired) electrons. The van der Waals surface area contributed by atoms with Crippen molar-refractivity contribution in [2.75, 3.05) is 18.5 Å². The Hall–Kier alpha value is -1.87. The predicted molar refractivity (Wildman–Crippen MR) is 82.8 cm³/mol. The molecule has 1 aromatic carbocycles. The van der Waals surface area contributed by atoms with E-state index in [1.54, 1.807) is 0 Å². The first-order valence-electron chi connectivity index (χ1n) is 7.25. The SMILES string of the molecule is CN1CCCc2cc(CNCc3cccnc3)ccc21. The lowest BCUT2D eigenvalue weighted by Crippen LogP contribution is -2.24. The van der Waals surface area contributed by atoms with E-state index in [0.29, 0.717) is 0 Å². The number of hydrogen-bond acceptors (Lipinski definition) is 3. The van der Waals surface area contributed by atoms with Gasteiger partial charge in [-0.1, -0.05) is 18.2 Å². The molecule has 0 spiro atoms. The minimum Gasteiger partial charge on any atom is -0.374 e. The zero-order chi connectivity index (χ0) is 13.8. The number of aromatic nitrogens is 1. The lowest BCUT2D eigenvalue weighted by atomic mass is 9.99. The Morgan fingerprint density at radius 2 is 2.10 bits per heavy atom. The molecule has 0 bridgehead atoms. The van der Waals surface area contributed by atoms with Gasteiger partial charge >= 0.3 is 0 Å². The normalized spacial score (nSPS) is 14.2. The fourth-order valence-corrected chi connectivity index (χ4v) is 2.80. The average Bonchev–Trinajstić information content (AvgIpc) is 2.48. The van der Waals surface area contributed by atoms with E-state index in [-0.39, 0.29) is 0 Å². The van der Waals surface area contributed by atoms with Crippen LogP contribution in [-0.2, 0) is 19.5 Å². The maximum atomic E-state index is 4.13. The van der Waals surface area contributed by atoms with Crippen LogP contribution < -0.4 is 10.2 Å². The van der Waals surface area contributed by atoms with Crippen LogP contribution in [0.3, 0.4) is 0 Å². The molecule has 3 nitrogen and oxygen atoms in total. The third-order valence-electron chi connectivity index (χ3n) is 3.88. The minimum absolute atomic E-state index is 0.866. The lowest BCUT2D eigenvalue weighted by Gasteiger charge is -2.27. The highest BCUT2D eigenvalue weighted by molar-refractivity contribution is 5.56. The summed E-state index contributed by atoms with van der Waals surface area (Å²) in [7, 11) is 2.18. The van der Waals surface area contributed by atoms with Crippen LogP contribution >= 0.6 is 0 Å². The van der Waals surface area contributed by atoms with Crippen LogP contribution in [0.5, 0.6) is 0 Å². The Kier molecular flexibility index (Phi) is 3.97. The Morgan fingerprint density at radius 3 is 2.95 bits per heavy atom. The molecule has 3 rings (SSSR count). The summed E-state index contributed by atoms with van der Waals surface area (Å²) in [5, 5.41) is 3.48. The standard InChI is InChI=1S/C17H21N3/c1-20-9-3-5-16-10-14(6-7-17(16)20)11-19-13-15-4-2-8-18-12-15/h2,4,6-8,10,12,19H,3,5,9,11,13H2,1H3. The Labute approximate surface area is 120 Å². The summed E-state index contributed by atoms with van der Waals surface area (Å²) in [5.41, 5.74) is 5.47. The Bertz CT molecular complexity index is 566. The van der Waals surface area contributed by atoms with E-state index in [1.165, 1.54) is 41.8 Å². The van der Waals surface area contributed by atoms with E-state index in [0.717, 1.165) is 13.1 Å². The molecule has 0 amide bonds. The van der Waals surface area contributed by atoms with Crippen molar-refractivity contribution in [1.82, 2.24) is 10.3 Å². The van der Waals surface area contributed by atoms with Gasteiger partial charge in [0.1, 0.15) is 0 Å². The number of pyridine rings is 1. The second kappa shape index (κ2) is 6.06. The topological polar surface area (TPSA) is 28.2 Å². The third-order valence-corrected chi connectivity index (χ3v) is 3.88. The van der Waals surface area contributed by atoms with Crippen molar-refractivity contribution in [3.05, 3.63) is 59.4 Å². The molecule has 0 saturated carbocycles. The first kappa shape index (κ1) is 13.1. The van der Waals surface area contributed by atoms with Crippen molar-refractivity contribution in [2.45, 2.75) is 25.9 Å². The number of fused-ring (bicyclic) bond motifs is 1. The highest BCUT2D eigenvalue weighted by Crippen LogP contribution is 2.26. The van der Waals surface area contributed by atoms with Gasteiger partial charge in [0.25, 0.3) is 0 Å². The van der Waals surface area contributed by atoms with Crippen molar-refractivity contribution < 1.29 is 0 Å². The third kappa shape index (κ3) is 2.99. The summed E-state index contributed by atoms with van der Waals surface area (Å²) in [6, 6.07) is 10.9. The smallest absolute Gasteiger partial charge is 0.0396 e. The zero-order valence-electron chi connectivity index (χ0n) is 12.0. The summed E-state index contributed by atoms with van der Waals surface area (Å²) < 4.78 is 0. The molecule has 104 valence electrons. The first-order chi connectivity index (χ1) is 9.83. The maximum absolute atomic E-state index is 4.13. The fourth-order valence-electron chi connectivity index (χ4n) is 2.80. The zero-order valence-corrected chi connectivity index (χ0v) is 12.0. The summed E-state index contributed by atoms with van der Waals surface area (Å²) in [5.74, 6) is 0. The molecule has 0 saturated heterocycles. The van der Waals surface area contributed by atoms with E-state index in [1.807, 2.05) is 18.5 Å². The maximum Gasteiger partial charge on any atom is 0.0396 e. The van der Waals surface area contributed by atoms with Crippen molar-refractivity contribution in [2.24, 2.45) is 0 Å². The summed E-state index contributed by atoms with van der Waals surface area (Å²) >= 11 is 0. The highest BCUT2D eigenvalue weighted by atomic mass is 15.1. The lowest BCUT2D eigenvalue weighted by molar-refractivity contribution is 0.687.